The zero-order valence-corrected chi connectivity index (χ0v) is 11.7. The lowest BCUT2D eigenvalue weighted by atomic mass is 10.1. The van der Waals surface area contributed by atoms with E-state index in [0.717, 1.165) is 16.9 Å². The van der Waals surface area contributed by atoms with Crippen LogP contribution in [-0.2, 0) is 6.61 Å². The molecule has 0 spiro atoms. The maximum atomic E-state index is 9.70. The van der Waals surface area contributed by atoms with E-state index in [2.05, 4.69) is 32.0 Å². The van der Waals surface area contributed by atoms with Crippen molar-refractivity contribution in [3.63, 3.8) is 0 Å². The minimum Gasteiger partial charge on any atom is -0.489 e. The molecule has 0 bridgehead atoms. The molecule has 0 fully saturated rings. The van der Waals surface area contributed by atoms with Gasteiger partial charge in [-0.3, -0.25) is 0 Å². The van der Waals surface area contributed by atoms with Gasteiger partial charge in [0.1, 0.15) is 12.4 Å². The van der Waals surface area contributed by atoms with Crippen molar-refractivity contribution in [3.05, 3.63) is 64.7 Å². The summed E-state index contributed by atoms with van der Waals surface area (Å²) in [5, 5.41) is 9.70. The first-order valence-electron chi connectivity index (χ1n) is 6.54. The van der Waals surface area contributed by atoms with Crippen LogP contribution >= 0.6 is 0 Å². The van der Waals surface area contributed by atoms with Gasteiger partial charge in [0.2, 0.25) is 0 Å². The van der Waals surface area contributed by atoms with Crippen LogP contribution in [0.3, 0.4) is 0 Å². The minimum absolute atomic E-state index is 0.518. The van der Waals surface area contributed by atoms with E-state index in [9.17, 15) is 5.11 Å². The zero-order chi connectivity index (χ0) is 13.8. The van der Waals surface area contributed by atoms with Crippen LogP contribution in [0.15, 0.2) is 42.5 Å². The highest BCUT2D eigenvalue weighted by molar-refractivity contribution is 5.35. The van der Waals surface area contributed by atoms with Crippen LogP contribution in [0.25, 0.3) is 0 Å². The van der Waals surface area contributed by atoms with E-state index in [4.69, 9.17) is 4.74 Å². The molecule has 2 aromatic carbocycles. The molecule has 0 saturated carbocycles. The molecule has 2 nitrogen and oxygen atoms in total. The number of rotatable bonds is 4. The number of aliphatic hydroxyl groups is 1. The van der Waals surface area contributed by atoms with Crippen LogP contribution in [0.2, 0.25) is 0 Å². The maximum Gasteiger partial charge on any atom is 0.125 e. The molecule has 0 saturated heterocycles. The standard InChI is InChI=1S/C17H20O2/c1-12-8-9-15(10-13(12)2)11-19-17-7-5-4-6-16(17)14(3)18/h4-10,14,18H,11H2,1-3H3. The fraction of sp³-hybridized carbons (Fsp3) is 0.294. The smallest absolute Gasteiger partial charge is 0.125 e. The van der Waals surface area contributed by atoms with Gasteiger partial charge in [0.15, 0.2) is 0 Å². The Kier molecular flexibility index (Phi) is 4.23. The summed E-state index contributed by atoms with van der Waals surface area (Å²) in [6.45, 7) is 6.47. The third-order valence-corrected chi connectivity index (χ3v) is 3.33. The van der Waals surface area contributed by atoms with E-state index in [-0.39, 0.29) is 0 Å². The summed E-state index contributed by atoms with van der Waals surface area (Å²) in [7, 11) is 0. The molecule has 0 radical (unpaired) electrons. The van der Waals surface area contributed by atoms with Crippen molar-refractivity contribution in [1.82, 2.24) is 0 Å². The Morgan fingerprint density at radius 3 is 2.47 bits per heavy atom. The number of hydrogen-bond donors (Lipinski definition) is 1. The van der Waals surface area contributed by atoms with Crippen LogP contribution in [0.1, 0.15) is 35.3 Å². The SMILES string of the molecule is Cc1ccc(COc2ccccc2C(C)O)cc1C. The highest BCUT2D eigenvalue weighted by atomic mass is 16.5. The van der Waals surface area contributed by atoms with Crippen molar-refractivity contribution in [2.75, 3.05) is 0 Å². The van der Waals surface area contributed by atoms with Gasteiger partial charge >= 0.3 is 0 Å². The molecule has 0 aliphatic rings. The van der Waals surface area contributed by atoms with E-state index in [1.807, 2.05) is 24.3 Å². The maximum absolute atomic E-state index is 9.70. The number of para-hydroxylation sites is 1. The second-order valence-corrected chi connectivity index (χ2v) is 4.92. The molecular formula is C17H20O2. The first kappa shape index (κ1) is 13.6. The molecule has 2 aromatic rings. The highest BCUT2D eigenvalue weighted by Crippen LogP contribution is 2.25. The second-order valence-electron chi connectivity index (χ2n) is 4.92. The zero-order valence-electron chi connectivity index (χ0n) is 11.7. The van der Waals surface area contributed by atoms with Crippen LogP contribution in [0.4, 0.5) is 0 Å². The van der Waals surface area contributed by atoms with Gasteiger partial charge in [-0.2, -0.15) is 0 Å². The van der Waals surface area contributed by atoms with Crippen LogP contribution in [0, 0.1) is 13.8 Å². The molecule has 0 heterocycles. The Labute approximate surface area is 114 Å². The topological polar surface area (TPSA) is 29.5 Å². The average molecular weight is 256 g/mol. The molecule has 0 aliphatic carbocycles. The van der Waals surface area contributed by atoms with Crippen molar-refractivity contribution in [1.29, 1.82) is 0 Å². The van der Waals surface area contributed by atoms with Gasteiger partial charge in [-0.25, -0.2) is 0 Å². The van der Waals surface area contributed by atoms with E-state index in [1.165, 1.54) is 11.1 Å². The van der Waals surface area contributed by atoms with E-state index in [0.29, 0.717) is 6.61 Å². The number of aliphatic hydroxyl groups excluding tert-OH is 1. The summed E-state index contributed by atoms with van der Waals surface area (Å²) in [6, 6.07) is 13.9. The molecule has 1 N–H and O–H groups in total. The van der Waals surface area contributed by atoms with Crippen LogP contribution in [-0.4, -0.2) is 5.11 Å². The lowest BCUT2D eigenvalue weighted by Gasteiger charge is -2.13. The molecule has 0 amide bonds. The Bertz CT molecular complexity index is 559. The molecule has 0 aromatic heterocycles. The summed E-state index contributed by atoms with van der Waals surface area (Å²) in [6.07, 6.45) is -0.518. The van der Waals surface area contributed by atoms with Crippen molar-refractivity contribution in [3.8, 4) is 5.75 Å². The average Bonchev–Trinajstić information content (AvgIpc) is 2.40. The fourth-order valence-corrected chi connectivity index (χ4v) is 2.01. The lowest BCUT2D eigenvalue weighted by molar-refractivity contribution is 0.190. The van der Waals surface area contributed by atoms with Gasteiger partial charge in [0.05, 0.1) is 6.10 Å². The van der Waals surface area contributed by atoms with E-state index in [1.54, 1.807) is 6.92 Å². The quantitative estimate of drug-likeness (QED) is 0.898. The summed E-state index contributed by atoms with van der Waals surface area (Å²) in [5.41, 5.74) is 4.52. The summed E-state index contributed by atoms with van der Waals surface area (Å²) >= 11 is 0. The van der Waals surface area contributed by atoms with Crippen LogP contribution < -0.4 is 4.74 Å². The molecule has 1 atom stereocenters. The minimum atomic E-state index is -0.518. The van der Waals surface area contributed by atoms with Gasteiger partial charge in [0.25, 0.3) is 0 Å². The molecule has 100 valence electrons. The number of aryl methyl sites for hydroxylation is 2. The fourth-order valence-electron chi connectivity index (χ4n) is 2.01. The first-order chi connectivity index (χ1) is 9.08. The Morgan fingerprint density at radius 1 is 1.05 bits per heavy atom. The largest absolute Gasteiger partial charge is 0.489 e. The lowest BCUT2D eigenvalue weighted by Crippen LogP contribution is -2.01. The van der Waals surface area contributed by atoms with E-state index >= 15 is 0 Å². The van der Waals surface area contributed by atoms with Gasteiger partial charge < -0.3 is 9.84 Å². The van der Waals surface area contributed by atoms with Crippen molar-refractivity contribution in [2.24, 2.45) is 0 Å². The van der Waals surface area contributed by atoms with Gasteiger partial charge in [-0.1, -0.05) is 36.4 Å². The molecule has 0 aliphatic heterocycles. The van der Waals surface area contributed by atoms with Gasteiger partial charge in [0, 0.05) is 5.56 Å². The van der Waals surface area contributed by atoms with Crippen molar-refractivity contribution >= 4 is 0 Å². The van der Waals surface area contributed by atoms with Crippen molar-refractivity contribution < 1.29 is 9.84 Å². The summed E-state index contributed by atoms with van der Waals surface area (Å²) in [4.78, 5) is 0. The Hall–Kier alpha value is -1.80. The third kappa shape index (κ3) is 3.36. The van der Waals surface area contributed by atoms with Crippen LogP contribution in [0.5, 0.6) is 5.75 Å². The Balaban J connectivity index is 2.12. The molecule has 2 rings (SSSR count). The molecule has 19 heavy (non-hydrogen) atoms. The number of benzene rings is 2. The van der Waals surface area contributed by atoms with Gasteiger partial charge in [-0.15, -0.1) is 0 Å². The molecular weight excluding hydrogens is 236 g/mol. The van der Waals surface area contributed by atoms with Crippen molar-refractivity contribution in [2.45, 2.75) is 33.5 Å². The normalized spacial score (nSPS) is 12.2. The third-order valence-electron chi connectivity index (χ3n) is 3.33. The molecule has 2 heteroatoms. The summed E-state index contributed by atoms with van der Waals surface area (Å²) in [5.74, 6) is 0.746. The first-order valence-corrected chi connectivity index (χ1v) is 6.54. The molecule has 1 unspecified atom stereocenters. The number of ether oxygens (including phenoxy) is 1. The summed E-state index contributed by atoms with van der Waals surface area (Å²) < 4.78 is 5.82. The Morgan fingerprint density at radius 2 is 1.79 bits per heavy atom. The highest BCUT2D eigenvalue weighted by Gasteiger charge is 2.08. The predicted octanol–water partition coefficient (Wildman–Crippen LogP) is 3.94. The predicted molar refractivity (Wildman–Crippen MR) is 77.3 cm³/mol. The second kappa shape index (κ2) is 5.89. The monoisotopic (exact) mass is 256 g/mol. The van der Waals surface area contributed by atoms with E-state index < -0.39 is 6.10 Å². The number of hydrogen-bond acceptors (Lipinski definition) is 2. The van der Waals surface area contributed by atoms with Gasteiger partial charge in [-0.05, 0) is 43.5 Å².